The highest BCUT2D eigenvalue weighted by Gasteiger charge is 2.38. The van der Waals surface area contributed by atoms with E-state index in [1.165, 1.54) is 4.57 Å². The van der Waals surface area contributed by atoms with Crippen molar-refractivity contribution >= 4 is 28.5 Å². The molecule has 0 unspecified atom stereocenters. The van der Waals surface area contributed by atoms with E-state index >= 15 is 0 Å². The van der Waals surface area contributed by atoms with Gasteiger partial charge in [-0.2, -0.15) is 4.98 Å². The molecule has 132 valence electrons. The lowest BCUT2D eigenvalue weighted by Gasteiger charge is -2.14. The lowest BCUT2D eigenvalue weighted by Crippen LogP contribution is -2.25. The molecule has 26 heavy (non-hydrogen) atoms. The van der Waals surface area contributed by atoms with Crippen LogP contribution in [0.4, 0.5) is 10.2 Å². The molecule has 2 atom stereocenters. The van der Waals surface area contributed by atoms with E-state index in [0.717, 1.165) is 18.5 Å². The van der Waals surface area contributed by atoms with Crippen LogP contribution in [0.3, 0.4) is 0 Å². The lowest BCUT2D eigenvalue weighted by atomic mass is 10.2. The summed E-state index contributed by atoms with van der Waals surface area (Å²) in [6.07, 6.45) is 1.76. The third-order valence-electron chi connectivity index (χ3n) is 4.89. The van der Waals surface area contributed by atoms with Crippen LogP contribution in [0.15, 0.2) is 41.2 Å². The number of nitrogens with zero attached hydrogens (tertiary/aromatic N) is 3. The maximum Gasteiger partial charge on any atom is 0.355 e. The summed E-state index contributed by atoms with van der Waals surface area (Å²) in [5, 5.41) is 4.17. The number of alkyl halides is 1. The predicted molar refractivity (Wildman–Crippen MR) is 99.0 cm³/mol. The van der Waals surface area contributed by atoms with Gasteiger partial charge in [0.25, 0.3) is 0 Å². The Balaban J connectivity index is 1.76. The zero-order chi connectivity index (χ0) is 17.8. The second kappa shape index (κ2) is 5.77. The van der Waals surface area contributed by atoms with Crippen LogP contribution in [0.2, 0.25) is 5.02 Å². The lowest BCUT2D eigenvalue weighted by molar-refractivity contribution is 0.472. The molecule has 0 bridgehead atoms. The van der Waals surface area contributed by atoms with E-state index in [9.17, 15) is 9.18 Å². The van der Waals surface area contributed by atoms with Crippen molar-refractivity contribution < 1.29 is 4.39 Å². The second-order valence-corrected chi connectivity index (χ2v) is 7.32. The molecule has 2 aliphatic carbocycles. The number of pyridine rings is 1. The van der Waals surface area contributed by atoms with Gasteiger partial charge in [0.2, 0.25) is 0 Å². The molecule has 0 radical (unpaired) electrons. The van der Waals surface area contributed by atoms with Crippen molar-refractivity contribution in [2.24, 2.45) is 0 Å². The number of anilines is 1. The number of fused-ring (bicyclic) bond motifs is 1. The van der Waals surface area contributed by atoms with E-state index in [2.05, 4.69) is 10.3 Å². The molecule has 2 fully saturated rings. The van der Waals surface area contributed by atoms with Gasteiger partial charge in [-0.15, -0.1) is 0 Å². The van der Waals surface area contributed by atoms with Crippen molar-refractivity contribution in [3.63, 3.8) is 0 Å². The number of halogens is 2. The van der Waals surface area contributed by atoms with Crippen molar-refractivity contribution in [1.29, 1.82) is 0 Å². The summed E-state index contributed by atoms with van der Waals surface area (Å²) in [6, 6.07) is 10.7. The van der Waals surface area contributed by atoms with E-state index in [1.54, 1.807) is 18.2 Å². The number of nitrogens with one attached hydrogen (secondary N) is 1. The van der Waals surface area contributed by atoms with E-state index in [1.807, 2.05) is 18.2 Å². The highest BCUT2D eigenvalue weighted by atomic mass is 35.5. The first-order valence-electron chi connectivity index (χ1n) is 8.71. The predicted octanol–water partition coefficient (Wildman–Crippen LogP) is 3.83. The second-order valence-electron chi connectivity index (χ2n) is 6.91. The number of para-hydroxylation sites is 1. The van der Waals surface area contributed by atoms with Crippen molar-refractivity contribution in [3.8, 4) is 5.69 Å². The Hall–Kier alpha value is -2.47. The van der Waals surface area contributed by atoms with E-state index in [0.29, 0.717) is 39.9 Å². The Labute approximate surface area is 153 Å². The Kier molecular flexibility index (Phi) is 3.50. The van der Waals surface area contributed by atoms with Gasteiger partial charge in [-0.25, -0.2) is 18.7 Å². The van der Waals surface area contributed by atoms with E-state index in [-0.39, 0.29) is 6.04 Å². The van der Waals surface area contributed by atoms with Crippen LogP contribution in [0.25, 0.3) is 16.7 Å². The first kappa shape index (κ1) is 15.8. The van der Waals surface area contributed by atoms with Crippen molar-refractivity contribution in [2.45, 2.75) is 37.4 Å². The van der Waals surface area contributed by atoms with Crippen molar-refractivity contribution in [3.05, 3.63) is 57.6 Å². The fraction of sp³-hybridized carbons (Fsp3) is 0.316. The van der Waals surface area contributed by atoms with Gasteiger partial charge in [0.15, 0.2) is 5.65 Å². The monoisotopic (exact) mass is 370 g/mol. The average Bonchev–Trinajstić information content (AvgIpc) is 3.54. The van der Waals surface area contributed by atoms with Crippen molar-refractivity contribution in [1.82, 2.24) is 14.5 Å². The quantitative estimate of drug-likeness (QED) is 0.758. The molecule has 0 saturated heterocycles. The van der Waals surface area contributed by atoms with E-state index < -0.39 is 11.9 Å². The summed E-state index contributed by atoms with van der Waals surface area (Å²) in [5.74, 6) is 0.825. The van der Waals surface area contributed by atoms with Gasteiger partial charge < -0.3 is 5.32 Å². The van der Waals surface area contributed by atoms with Gasteiger partial charge in [-0.1, -0.05) is 23.7 Å². The number of aromatic nitrogens is 3. The van der Waals surface area contributed by atoms with Gasteiger partial charge in [0.05, 0.1) is 22.1 Å². The fourth-order valence-corrected chi connectivity index (χ4v) is 3.39. The molecular weight excluding hydrogens is 355 g/mol. The molecule has 5 rings (SSSR count). The molecule has 2 aliphatic rings. The molecule has 3 aromatic rings. The average molecular weight is 371 g/mol. The van der Waals surface area contributed by atoms with Crippen LogP contribution in [-0.2, 0) is 0 Å². The molecule has 7 heteroatoms. The maximum atomic E-state index is 13.3. The number of hydrogen-bond donors (Lipinski definition) is 1. The summed E-state index contributed by atoms with van der Waals surface area (Å²) < 4.78 is 14.8. The van der Waals surface area contributed by atoms with Gasteiger partial charge >= 0.3 is 5.69 Å². The largest absolute Gasteiger partial charge is 0.364 e. The van der Waals surface area contributed by atoms with Gasteiger partial charge in [-0.3, -0.25) is 0 Å². The maximum absolute atomic E-state index is 13.3. The number of hydrogen-bond acceptors (Lipinski definition) is 4. The Bertz CT molecular complexity index is 1080. The van der Waals surface area contributed by atoms with Crippen LogP contribution in [-0.4, -0.2) is 26.7 Å². The van der Waals surface area contributed by atoms with E-state index in [4.69, 9.17) is 16.6 Å². The number of rotatable bonds is 4. The minimum atomic E-state index is -0.892. The van der Waals surface area contributed by atoms with Gasteiger partial charge in [0, 0.05) is 18.0 Å². The standard InChI is InChI=1S/C19H16ClFN4O/c20-12-3-1-2-4-16(12)25-18-11(7-8-14(23-18)10-5-6-10)17(24-19(25)26)22-15-9-13(15)21/h1-4,7-8,10,13,15H,5-6,9H2,(H,22,24,26)/t13-,15+/m1/s1. The van der Waals surface area contributed by atoms with Crippen LogP contribution in [0.1, 0.15) is 30.9 Å². The van der Waals surface area contributed by atoms with Crippen LogP contribution in [0.5, 0.6) is 0 Å². The smallest absolute Gasteiger partial charge is 0.355 e. The summed E-state index contributed by atoms with van der Waals surface area (Å²) in [4.78, 5) is 21.7. The normalized spacial score (nSPS) is 21.8. The Morgan fingerprint density at radius 2 is 1.92 bits per heavy atom. The zero-order valence-corrected chi connectivity index (χ0v) is 14.6. The van der Waals surface area contributed by atoms with Crippen LogP contribution in [0, 0.1) is 0 Å². The molecular formula is C19H16ClFN4O. The highest BCUT2D eigenvalue weighted by Crippen LogP contribution is 2.40. The molecule has 2 heterocycles. The fourth-order valence-electron chi connectivity index (χ4n) is 3.17. The first-order chi connectivity index (χ1) is 12.6. The molecule has 1 aromatic carbocycles. The minimum Gasteiger partial charge on any atom is -0.364 e. The molecule has 0 spiro atoms. The molecule has 2 aromatic heterocycles. The zero-order valence-electron chi connectivity index (χ0n) is 13.8. The summed E-state index contributed by atoms with van der Waals surface area (Å²) >= 11 is 6.32. The third-order valence-corrected chi connectivity index (χ3v) is 5.21. The highest BCUT2D eigenvalue weighted by molar-refractivity contribution is 6.32. The van der Waals surface area contributed by atoms with Crippen LogP contribution < -0.4 is 11.0 Å². The molecule has 1 N–H and O–H groups in total. The minimum absolute atomic E-state index is 0.288. The Morgan fingerprint density at radius 3 is 2.62 bits per heavy atom. The third kappa shape index (κ3) is 2.65. The Morgan fingerprint density at radius 1 is 1.15 bits per heavy atom. The SMILES string of the molecule is O=c1nc(N[C@H]2C[C@H]2F)c2ccc(C3CC3)nc2n1-c1ccccc1Cl. The number of benzene rings is 1. The summed E-state index contributed by atoms with van der Waals surface area (Å²) in [6.45, 7) is 0. The topological polar surface area (TPSA) is 59.8 Å². The van der Waals surface area contributed by atoms with Crippen LogP contribution >= 0.6 is 11.6 Å². The van der Waals surface area contributed by atoms with Crippen molar-refractivity contribution in [2.75, 3.05) is 5.32 Å². The molecule has 5 nitrogen and oxygen atoms in total. The summed E-state index contributed by atoms with van der Waals surface area (Å²) in [5.41, 5.74) is 1.52. The van der Waals surface area contributed by atoms with Gasteiger partial charge in [-0.05, 0) is 37.1 Å². The summed E-state index contributed by atoms with van der Waals surface area (Å²) in [7, 11) is 0. The molecule has 0 amide bonds. The molecule has 2 saturated carbocycles. The van der Waals surface area contributed by atoms with Gasteiger partial charge in [0.1, 0.15) is 12.0 Å². The molecule has 0 aliphatic heterocycles. The first-order valence-corrected chi connectivity index (χ1v) is 9.09.